The minimum absolute atomic E-state index is 0.0712. The summed E-state index contributed by atoms with van der Waals surface area (Å²) in [5, 5.41) is 15.2. The van der Waals surface area contributed by atoms with Crippen LogP contribution in [0.25, 0.3) is 11.1 Å². The molecule has 2 amide bonds. The van der Waals surface area contributed by atoms with E-state index in [4.69, 9.17) is 0 Å². The third-order valence-electron chi connectivity index (χ3n) is 5.19. The minimum atomic E-state index is -4.37. The van der Waals surface area contributed by atoms with Crippen molar-refractivity contribution in [3.05, 3.63) is 96.8 Å². The highest BCUT2D eigenvalue weighted by Gasteiger charge is 2.29. The zero-order chi connectivity index (χ0) is 28.2. The molecule has 0 aliphatic rings. The molecule has 4 aromatic rings. The summed E-state index contributed by atoms with van der Waals surface area (Å²) < 4.78 is 77.9. The van der Waals surface area contributed by atoms with Crippen LogP contribution in [0.15, 0.2) is 101 Å². The van der Waals surface area contributed by atoms with Gasteiger partial charge in [-0.05, 0) is 89.6 Å². The van der Waals surface area contributed by atoms with Crippen molar-refractivity contribution in [2.24, 2.45) is 0 Å². The van der Waals surface area contributed by atoms with Gasteiger partial charge in [-0.15, -0.1) is 0 Å². The van der Waals surface area contributed by atoms with Crippen LogP contribution in [0.2, 0.25) is 0 Å². The summed E-state index contributed by atoms with van der Waals surface area (Å²) in [4.78, 5) is 12.3. The van der Waals surface area contributed by atoms with Crippen molar-refractivity contribution in [3.8, 4) is 16.9 Å². The maximum absolute atomic E-state index is 13.1. The Morgan fingerprint density at radius 2 is 1.31 bits per heavy atom. The fraction of sp³-hybridized carbons (Fsp3) is 0.0385. The molecule has 13 heteroatoms. The van der Waals surface area contributed by atoms with E-state index in [9.17, 15) is 35.9 Å². The van der Waals surface area contributed by atoms with Gasteiger partial charge in [0.1, 0.15) is 11.6 Å². The molecule has 4 aromatic carbocycles. The summed E-state index contributed by atoms with van der Waals surface area (Å²) in [5.74, 6) is -1.01. The molecule has 0 atom stereocenters. The summed E-state index contributed by atoms with van der Waals surface area (Å²) in [5.41, 5.74) is -2.58. The average Bonchev–Trinajstić information content (AvgIpc) is 2.86. The number of sulfonamides is 1. The Hall–Kier alpha value is -4.23. The molecule has 0 bridgehead atoms. The second-order valence-electron chi connectivity index (χ2n) is 8.02. The number of hydrogen-bond donors (Lipinski definition) is 4. The van der Waals surface area contributed by atoms with E-state index in [1.54, 1.807) is 36.4 Å². The first kappa shape index (κ1) is 27.8. The highest BCUT2D eigenvalue weighted by Crippen LogP contribution is 2.37. The predicted octanol–water partition coefficient (Wildman–Crippen LogP) is 7.26. The van der Waals surface area contributed by atoms with E-state index in [-0.39, 0.29) is 32.9 Å². The lowest BCUT2D eigenvalue weighted by molar-refractivity contribution is -0.0328. The van der Waals surface area contributed by atoms with Crippen LogP contribution < -0.4 is 15.4 Å². The first-order valence-corrected chi connectivity index (χ1v) is 13.3. The number of anilines is 3. The fourth-order valence-electron chi connectivity index (χ4n) is 3.40. The number of benzene rings is 4. The Morgan fingerprint density at radius 1 is 0.769 bits per heavy atom. The van der Waals surface area contributed by atoms with Crippen molar-refractivity contribution < 1.29 is 35.9 Å². The van der Waals surface area contributed by atoms with E-state index in [1.165, 1.54) is 30.3 Å². The number of hydrogen-bond acceptors (Lipinski definition) is 5. The van der Waals surface area contributed by atoms with E-state index in [0.717, 1.165) is 29.8 Å². The van der Waals surface area contributed by atoms with E-state index < -0.39 is 33.1 Å². The Bertz CT molecular complexity index is 1580. The lowest BCUT2D eigenvalue weighted by Crippen LogP contribution is -2.19. The minimum Gasteiger partial charge on any atom is -0.506 e. The zero-order valence-corrected chi connectivity index (χ0v) is 21.3. The number of carbonyl (C=O) groups is 1. The number of phenolic OH excluding ortho intramolecular Hbond substituents is 1. The monoisotopic (exact) mass is 577 g/mol. The number of aromatic hydroxyl groups is 1. The highest BCUT2D eigenvalue weighted by molar-refractivity contribution is 8.00. The van der Waals surface area contributed by atoms with Crippen LogP contribution in [-0.4, -0.2) is 25.1 Å². The molecular formula is C26H19F4N3O4S2. The quantitative estimate of drug-likeness (QED) is 0.0801. The van der Waals surface area contributed by atoms with Crippen molar-refractivity contribution in [2.45, 2.75) is 15.3 Å². The Labute approximate surface area is 224 Å². The highest BCUT2D eigenvalue weighted by atomic mass is 32.2. The van der Waals surface area contributed by atoms with Crippen molar-refractivity contribution in [1.82, 2.24) is 0 Å². The van der Waals surface area contributed by atoms with Crippen molar-refractivity contribution in [3.63, 3.8) is 0 Å². The number of carbonyl (C=O) groups excluding carboxylic acids is 1. The number of alkyl halides is 3. The SMILES string of the molecule is O=C(Nc1ccc(-c2ccc(SC(F)(F)F)cc2)cc1)Nc1ccc(O)c(NS(=O)(=O)c2ccc(F)cc2)c1. The molecule has 0 spiro atoms. The molecule has 0 unspecified atom stereocenters. The van der Waals surface area contributed by atoms with Crippen LogP contribution in [0.5, 0.6) is 5.75 Å². The van der Waals surface area contributed by atoms with Gasteiger partial charge in [-0.1, -0.05) is 24.3 Å². The van der Waals surface area contributed by atoms with Gasteiger partial charge < -0.3 is 15.7 Å². The fourth-order valence-corrected chi connectivity index (χ4v) is 5.01. The molecule has 0 saturated heterocycles. The standard InChI is InChI=1S/C26H19F4N3O4S2/c27-18-5-12-22(13-6-18)39(36,37)33-23-15-20(9-14-24(23)34)32-25(35)31-19-7-1-16(2-8-19)17-3-10-21(11-4-17)38-26(28,29)30/h1-15,33-34H,(H2,31,32,35). The molecule has 7 nitrogen and oxygen atoms in total. The van der Waals surface area contributed by atoms with Crippen LogP contribution in [0.4, 0.5) is 39.4 Å². The maximum atomic E-state index is 13.1. The largest absolute Gasteiger partial charge is 0.506 e. The Kier molecular flexibility index (Phi) is 8.02. The van der Waals surface area contributed by atoms with E-state index in [1.807, 2.05) is 0 Å². The number of phenols is 1. The molecule has 39 heavy (non-hydrogen) atoms. The number of nitrogens with one attached hydrogen (secondary N) is 3. The molecule has 0 aliphatic carbocycles. The lowest BCUT2D eigenvalue weighted by Gasteiger charge is -2.13. The Morgan fingerprint density at radius 3 is 1.90 bits per heavy atom. The van der Waals surface area contributed by atoms with E-state index in [2.05, 4.69) is 15.4 Å². The smallest absolute Gasteiger partial charge is 0.446 e. The van der Waals surface area contributed by atoms with Crippen molar-refractivity contribution in [1.29, 1.82) is 0 Å². The number of thioether (sulfide) groups is 1. The molecule has 0 radical (unpaired) electrons. The van der Waals surface area contributed by atoms with Crippen LogP contribution in [0.1, 0.15) is 0 Å². The summed E-state index contributed by atoms with van der Waals surface area (Å²) in [6, 6.07) is 19.6. The zero-order valence-electron chi connectivity index (χ0n) is 19.7. The summed E-state index contributed by atoms with van der Waals surface area (Å²) in [6.07, 6.45) is 0. The number of halogens is 4. The van der Waals surface area contributed by atoms with Crippen molar-refractivity contribution >= 4 is 44.9 Å². The van der Waals surface area contributed by atoms with E-state index in [0.29, 0.717) is 11.3 Å². The van der Waals surface area contributed by atoms with Crippen molar-refractivity contribution in [2.75, 3.05) is 15.4 Å². The lowest BCUT2D eigenvalue weighted by atomic mass is 10.1. The molecule has 0 aliphatic heterocycles. The van der Waals surface area contributed by atoms with Gasteiger partial charge in [-0.25, -0.2) is 17.6 Å². The maximum Gasteiger partial charge on any atom is 0.446 e. The molecule has 0 heterocycles. The normalized spacial score (nSPS) is 11.6. The van der Waals surface area contributed by atoms with Gasteiger partial charge >= 0.3 is 11.5 Å². The molecule has 4 N–H and O–H groups in total. The first-order chi connectivity index (χ1) is 18.4. The third-order valence-corrected chi connectivity index (χ3v) is 7.31. The van der Waals surface area contributed by atoms with Gasteiger partial charge in [0.15, 0.2) is 0 Å². The van der Waals surface area contributed by atoms with Gasteiger partial charge in [0, 0.05) is 16.3 Å². The van der Waals surface area contributed by atoms with Crippen LogP contribution in [0, 0.1) is 5.82 Å². The molecular weight excluding hydrogens is 558 g/mol. The van der Waals surface area contributed by atoms with E-state index >= 15 is 0 Å². The molecule has 0 aromatic heterocycles. The van der Waals surface area contributed by atoms with Crippen LogP contribution in [0.3, 0.4) is 0 Å². The van der Waals surface area contributed by atoms with Gasteiger partial charge in [0.2, 0.25) is 0 Å². The third kappa shape index (κ3) is 7.65. The second-order valence-corrected chi connectivity index (χ2v) is 10.8. The summed E-state index contributed by atoms with van der Waals surface area (Å²) in [6.45, 7) is 0. The van der Waals surface area contributed by atoms with Gasteiger partial charge in [-0.2, -0.15) is 13.2 Å². The second kappa shape index (κ2) is 11.3. The molecule has 4 rings (SSSR count). The van der Waals surface area contributed by atoms with Gasteiger partial charge in [0.25, 0.3) is 10.0 Å². The predicted molar refractivity (Wildman–Crippen MR) is 142 cm³/mol. The number of amides is 2. The molecule has 0 fully saturated rings. The van der Waals surface area contributed by atoms with Crippen LogP contribution >= 0.6 is 11.8 Å². The number of urea groups is 1. The summed E-state index contributed by atoms with van der Waals surface area (Å²) in [7, 11) is -4.14. The molecule has 202 valence electrons. The number of rotatable bonds is 7. The van der Waals surface area contributed by atoms with Gasteiger partial charge in [0.05, 0.1) is 10.6 Å². The van der Waals surface area contributed by atoms with Crippen LogP contribution in [-0.2, 0) is 10.0 Å². The average molecular weight is 578 g/mol. The topological polar surface area (TPSA) is 108 Å². The molecule has 0 saturated carbocycles. The summed E-state index contributed by atoms with van der Waals surface area (Å²) >= 11 is -0.196. The Balaban J connectivity index is 1.39. The van der Waals surface area contributed by atoms with Gasteiger partial charge in [-0.3, -0.25) is 4.72 Å². The first-order valence-electron chi connectivity index (χ1n) is 11.0.